The molecule has 0 spiro atoms. The number of aromatic nitrogens is 6. The van der Waals surface area contributed by atoms with E-state index in [9.17, 15) is 4.79 Å². The van der Waals surface area contributed by atoms with Gasteiger partial charge in [-0.05, 0) is 31.2 Å². The third-order valence-corrected chi connectivity index (χ3v) is 4.55. The zero-order valence-corrected chi connectivity index (χ0v) is 13.9. The summed E-state index contributed by atoms with van der Waals surface area (Å²) in [5, 5.41) is 14.3. The van der Waals surface area contributed by atoms with Crippen LogP contribution in [0.15, 0.2) is 31.0 Å². The third kappa shape index (κ3) is 3.02. The molecule has 0 aromatic carbocycles. The van der Waals surface area contributed by atoms with Crippen molar-refractivity contribution in [1.29, 1.82) is 0 Å². The molecule has 0 bridgehead atoms. The molecule has 2 N–H and O–H groups in total. The SMILES string of the molecule is CC1CCc2[nH]nc(C(=O)NCc3cccnc3-n3cncn3)c2C1. The molecule has 1 atom stereocenters. The van der Waals surface area contributed by atoms with Crippen LogP contribution in [0.25, 0.3) is 5.82 Å². The van der Waals surface area contributed by atoms with Crippen molar-refractivity contribution in [3.63, 3.8) is 0 Å². The van der Waals surface area contributed by atoms with Crippen LogP contribution in [0.1, 0.15) is 40.7 Å². The van der Waals surface area contributed by atoms with Gasteiger partial charge in [0, 0.05) is 29.6 Å². The van der Waals surface area contributed by atoms with E-state index in [4.69, 9.17) is 0 Å². The molecule has 128 valence electrons. The standard InChI is InChI=1S/C17H19N7O/c1-11-4-5-14-13(7-11)15(23-22-14)17(25)20-8-12-3-2-6-19-16(12)24-10-18-9-21-24/h2-3,6,9-11H,4-5,7-8H2,1H3,(H,20,25)(H,22,23). The molecule has 0 saturated carbocycles. The molecule has 1 unspecified atom stereocenters. The van der Waals surface area contributed by atoms with E-state index in [2.05, 4.69) is 37.5 Å². The van der Waals surface area contributed by atoms with Gasteiger partial charge in [0.1, 0.15) is 12.7 Å². The van der Waals surface area contributed by atoms with Gasteiger partial charge in [-0.2, -0.15) is 10.2 Å². The fourth-order valence-electron chi connectivity index (χ4n) is 3.21. The summed E-state index contributed by atoms with van der Waals surface area (Å²) in [6.45, 7) is 2.55. The number of pyridine rings is 1. The molecule has 1 amide bonds. The maximum atomic E-state index is 12.6. The quantitative estimate of drug-likeness (QED) is 0.750. The number of aryl methyl sites for hydroxylation is 1. The first-order valence-electron chi connectivity index (χ1n) is 8.35. The third-order valence-electron chi connectivity index (χ3n) is 4.55. The van der Waals surface area contributed by atoms with Crippen molar-refractivity contribution in [3.05, 3.63) is 53.5 Å². The van der Waals surface area contributed by atoms with Crippen LogP contribution in [0.2, 0.25) is 0 Å². The summed E-state index contributed by atoms with van der Waals surface area (Å²) in [6.07, 6.45) is 7.70. The van der Waals surface area contributed by atoms with E-state index in [0.29, 0.717) is 24.0 Å². The maximum absolute atomic E-state index is 12.6. The molecular formula is C17H19N7O. The van der Waals surface area contributed by atoms with Gasteiger partial charge in [-0.1, -0.05) is 13.0 Å². The molecule has 0 radical (unpaired) electrons. The molecule has 0 fully saturated rings. The summed E-state index contributed by atoms with van der Waals surface area (Å²) in [4.78, 5) is 20.9. The van der Waals surface area contributed by atoms with Crippen molar-refractivity contribution in [2.75, 3.05) is 0 Å². The second-order valence-corrected chi connectivity index (χ2v) is 6.39. The van der Waals surface area contributed by atoms with E-state index >= 15 is 0 Å². The number of hydrogen-bond acceptors (Lipinski definition) is 5. The first-order chi connectivity index (χ1) is 12.2. The highest BCUT2D eigenvalue weighted by molar-refractivity contribution is 5.94. The molecule has 1 aliphatic carbocycles. The molecule has 3 heterocycles. The van der Waals surface area contributed by atoms with Crippen molar-refractivity contribution in [2.45, 2.75) is 32.7 Å². The second-order valence-electron chi connectivity index (χ2n) is 6.39. The van der Waals surface area contributed by atoms with Gasteiger partial charge in [0.05, 0.1) is 0 Å². The Morgan fingerprint density at radius 2 is 2.40 bits per heavy atom. The lowest BCUT2D eigenvalue weighted by Crippen LogP contribution is -2.26. The summed E-state index contributed by atoms with van der Waals surface area (Å²) in [7, 11) is 0. The fraction of sp³-hybridized carbons (Fsp3) is 0.353. The van der Waals surface area contributed by atoms with E-state index in [1.54, 1.807) is 17.2 Å². The highest BCUT2D eigenvalue weighted by Gasteiger charge is 2.24. The number of carbonyl (C=O) groups excluding carboxylic acids is 1. The Bertz CT molecular complexity index is 884. The molecule has 0 aliphatic heterocycles. The molecule has 4 rings (SSSR count). The number of amides is 1. The predicted octanol–water partition coefficient (Wildman–Crippen LogP) is 1.44. The van der Waals surface area contributed by atoms with Crippen LogP contribution >= 0.6 is 0 Å². The minimum atomic E-state index is -0.167. The monoisotopic (exact) mass is 337 g/mol. The van der Waals surface area contributed by atoms with Crippen LogP contribution in [0.3, 0.4) is 0 Å². The van der Waals surface area contributed by atoms with Gasteiger partial charge >= 0.3 is 0 Å². The lowest BCUT2D eigenvalue weighted by molar-refractivity contribution is 0.0944. The Balaban J connectivity index is 1.51. The van der Waals surface area contributed by atoms with Gasteiger partial charge in [-0.25, -0.2) is 14.6 Å². The van der Waals surface area contributed by atoms with E-state index in [1.807, 2.05) is 12.1 Å². The summed E-state index contributed by atoms with van der Waals surface area (Å²) in [5.41, 5.74) is 3.51. The number of carbonyl (C=O) groups is 1. The van der Waals surface area contributed by atoms with Crippen LogP contribution in [0.5, 0.6) is 0 Å². The van der Waals surface area contributed by atoms with E-state index in [-0.39, 0.29) is 5.91 Å². The van der Waals surface area contributed by atoms with Gasteiger partial charge in [-0.15, -0.1) is 0 Å². The first kappa shape index (κ1) is 15.5. The molecule has 8 nitrogen and oxygen atoms in total. The van der Waals surface area contributed by atoms with Gasteiger partial charge in [0.15, 0.2) is 11.5 Å². The molecule has 1 aliphatic rings. The Kier molecular flexibility index (Phi) is 4.01. The molecule has 25 heavy (non-hydrogen) atoms. The van der Waals surface area contributed by atoms with Gasteiger partial charge < -0.3 is 5.32 Å². The highest BCUT2D eigenvalue weighted by Crippen LogP contribution is 2.26. The lowest BCUT2D eigenvalue weighted by atomic mass is 9.87. The topological polar surface area (TPSA) is 101 Å². The van der Waals surface area contributed by atoms with E-state index in [1.165, 1.54) is 6.33 Å². The van der Waals surface area contributed by atoms with Crippen LogP contribution in [-0.4, -0.2) is 35.9 Å². The summed E-state index contributed by atoms with van der Waals surface area (Å²) in [5.74, 6) is 1.06. The maximum Gasteiger partial charge on any atom is 0.272 e. The average molecular weight is 337 g/mol. The van der Waals surface area contributed by atoms with Crippen LogP contribution in [-0.2, 0) is 19.4 Å². The van der Waals surface area contributed by atoms with E-state index in [0.717, 1.165) is 36.1 Å². The van der Waals surface area contributed by atoms with Crippen molar-refractivity contribution in [1.82, 2.24) is 35.3 Å². The zero-order chi connectivity index (χ0) is 17.2. The minimum Gasteiger partial charge on any atom is -0.346 e. The van der Waals surface area contributed by atoms with Crippen LogP contribution in [0.4, 0.5) is 0 Å². The number of nitrogens with zero attached hydrogens (tertiary/aromatic N) is 5. The number of hydrogen-bond donors (Lipinski definition) is 2. The minimum absolute atomic E-state index is 0.167. The van der Waals surface area contributed by atoms with Crippen LogP contribution < -0.4 is 5.32 Å². The van der Waals surface area contributed by atoms with Gasteiger partial charge in [0.25, 0.3) is 5.91 Å². The van der Waals surface area contributed by atoms with Crippen molar-refractivity contribution in [3.8, 4) is 5.82 Å². The number of aromatic amines is 1. The molecule has 8 heteroatoms. The van der Waals surface area contributed by atoms with Crippen molar-refractivity contribution < 1.29 is 4.79 Å². The highest BCUT2D eigenvalue weighted by atomic mass is 16.1. The smallest absolute Gasteiger partial charge is 0.272 e. The largest absolute Gasteiger partial charge is 0.346 e. The molecule has 0 saturated heterocycles. The second kappa shape index (κ2) is 6.46. The number of H-pyrrole nitrogens is 1. The summed E-state index contributed by atoms with van der Waals surface area (Å²) in [6, 6.07) is 3.74. The normalized spacial score (nSPS) is 16.4. The first-order valence-corrected chi connectivity index (χ1v) is 8.35. The van der Waals surface area contributed by atoms with Crippen molar-refractivity contribution in [2.24, 2.45) is 5.92 Å². The van der Waals surface area contributed by atoms with Gasteiger partial charge in [0.2, 0.25) is 0 Å². The lowest BCUT2D eigenvalue weighted by Gasteiger charge is -2.18. The number of rotatable bonds is 4. The predicted molar refractivity (Wildman–Crippen MR) is 90.1 cm³/mol. The fourth-order valence-corrected chi connectivity index (χ4v) is 3.21. The molecule has 3 aromatic rings. The molecular weight excluding hydrogens is 318 g/mol. The number of nitrogens with one attached hydrogen (secondary N) is 2. The summed E-state index contributed by atoms with van der Waals surface area (Å²) < 4.78 is 1.58. The Hall–Kier alpha value is -3.03. The van der Waals surface area contributed by atoms with Crippen molar-refractivity contribution >= 4 is 5.91 Å². The Morgan fingerprint density at radius 3 is 3.24 bits per heavy atom. The van der Waals surface area contributed by atoms with Crippen LogP contribution in [0, 0.1) is 5.92 Å². The van der Waals surface area contributed by atoms with Gasteiger partial charge in [-0.3, -0.25) is 9.89 Å². The Morgan fingerprint density at radius 1 is 1.48 bits per heavy atom. The summed E-state index contributed by atoms with van der Waals surface area (Å²) >= 11 is 0. The van der Waals surface area contributed by atoms with E-state index < -0.39 is 0 Å². The molecule has 3 aromatic heterocycles. The number of fused-ring (bicyclic) bond motifs is 1. The average Bonchev–Trinajstić information content (AvgIpc) is 3.29. The Labute approximate surface area is 144 Å². The zero-order valence-electron chi connectivity index (χ0n) is 13.9.